The third kappa shape index (κ3) is 3.07. The van der Waals surface area contributed by atoms with Crippen molar-refractivity contribution in [2.45, 2.75) is 38.6 Å². The van der Waals surface area contributed by atoms with E-state index in [9.17, 15) is 8.42 Å². The minimum atomic E-state index is -3.10. The minimum absolute atomic E-state index is 0.0300. The molecule has 0 fully saturated rings. The van der Waals surface area contributed by atoms with Gasteiger partial charge >= 0.3 is 0 Å². The molecule has 0 spiro atoms. The van der Waals surface area contributed by atoms with Crippen molar-refractivity contribution in [3.05, 3.63) is 34.9 Å². The van der Waals surface area contributed by atoms with E-state index in [0.717, 1.165) is 12.8 Å². The maximum absolute atomic E-state index is 11.2. The second-order valence-electron chi connectivity index (χ2n) is 5.18. The molecule has 17 heavy (non-hydrogen) atoms. The van der Waals surface area contributed by atoms with Crippen LogP contribution in [0.15, 0.2) is 18.2 Å². The molecule has 3 nitrogen and oxygen atoms in total. The Kier molecular flexibility index (Phi) is 3.27. The van der Waals surface area contributed by atoms with Crippen LogP contribution in [0, 0.1) is 0 Å². The van der Waals surface area contributed by atoms with Crippen LogP contribution in [0.3, 0.4) is 0 Å². The van der Waals surface area contributed by atoms with Crippen LogP contribution in [0.5, 0.6) is 0 Å². The molecule has 0 heterocycles. The monoisotopic (exact) mass is 253 g/mol. The van der Waals surface area contributed by atoms with Crippen LogP contribution in [0.2, 0.25) is 0 Å². The zero-order chi connectivity index (χ0) is 12.6. The van der Waals surface area contributed by atoms with Crippen LogP contribution < -0.4 is 4.72 Å². The molecule has 0 bridgehead atoms. The maximum Gasteiger partial charge on any atom is 0.208 e. The van der Waals surface area contributed by atoms with Crippen molar-refractivity contribution < 1.29 is 8.42 Å². The van der Waals surface area contributed by atoms with Crippen molar-refractivity contribution in [2.75, 3.05) is 6.26 Å². The molecule has 0 radical (unpaired) electrons. The average Bonchev–Trinajstić information content (AvgIpc) is 2.54. The van der Waals surface area contributed by atoms with Crippen molar-refractivity contribution in [1.29, 1.82) is 0 Å². The predicted octanol–water partition coefficient (Wildman–Crippen LogP) is 1.83. The third-order valence-corrected chi connectivity index (χ3v) is 3.97. The number of hydrogen-bond donors (Lipinski definition) is 1. The van der Waals surface area contributed by atoms with Gasteiger partial charge in [-0.1, -0.05) is 32.0 Å². The highest BCUT2D eigenvalue weighted by Gasteiger charge is 2.24. The van der Waals surface area contributed by atoms with Crippen molar-refractivity contribution >= 4 is 10.0 Å². The van der Waals surface area contributed by atoms with Gasteiger partial charge in [-0.2, -0.15) is 0 Å². The highest BCUT2D eigenvalue weighted by atomic mass is 32.2. The zero-order valence-electron chi connectivity index (χ0n) is 10.5. The smallest absolute Gasteiger partial charge is 0.208 e. The standard InChI is InChI=1S/C13H19NO2S/c1-9(2)10-4-5-11-7-13(8-12(11)6-10)14-17(3,15)16/h4-6,9,13-14H,7-8H2,1-3H3. The highest BCUT2D eigenvalue weighted by Crippen LogP contribution is 2.26. The summed E-state index contributed by atoms with van der Waals surface area (Å²) in [5.74, 6) is 0.516. The Bertz CT molecular complexity index is 520. The summed E-state index contributed by atoms with van der Waals surface area (Å²) in [5.41, 5.74) is 3.89. The molecular formula is C13H19NO2S. The van der Waals surface area contributed by atoms with Crippen molar-refractivity contribution in [3.8, 4) is 0 Å². The predicted molar refractivity (Wildman–Crippen MR) is 69.7 cm³/mol. The van der Waals surface area contributed by atoms with Gasteiger partial charge in [-0.25, -0.2) is 13.1 Å². The first-order valence-electron chi connectivity index (χ1n) is 5.94. The van der Waals surface area contributed by atoms with Crippen LogP contribution in [0.4, 0.5) is 0 Å². The molecule has 1 aromatic rings. The lowest BCUT2D eigenvalue weighted by atomic mass is 9.99. The highest BCUT2D eigenvalue weighted by molar-refractivity contribution is 7.88. The van der Waals surface area contributed by atoms with Gasteiger partial charge in [0.05, 0.1) is 6.26 Å². The molecule has 0 saturated heterocycles. The van der Waals surface area contributed by atoms with E-state index < -0.39 is 10.0 Å². The summed E-state index contributed by atoms with van der Waals surface area (Å²) in [6.07, 6.45) is 2.83. The molecule has 0 aliphatic heterocycles. The van der Waals surface area contributed by atoms with Gasteiger partial charge in [-0.3, -0.25) is 0 Å². The number of fused-ring (bicyclic) bond motifs is 1. The van der Waals surface area contributed by atoms with E-state index in [1.54, 1.807) is 0 Å². The summed E-state index contributed by atoms with van der Waals surface area (Å²) in [7, 11) is -3.10. The van der Waals surface area contributed by atoms with Crippen molar-refractivity contribution in [1.82, 2.24) is 4.72 Å². The van der Waals surface area contributed by atoms with E-state index in [0.29, 0.717) is 5.92 Å². The Hall–Kier alpha value is -0.870. The van der Waals surface area contributed by atoms with Crippen molar-refractivity contribution in [3.63, 3.8) is 0 Å². The van der Waals surface area contributed by atoms with E-state index in [2.05, 4.69) is 36.8 Å². The van der Waals surface area contributed by atoms with Gasteiger partial charge in [-0.05, 0) is 35.4 Å². The Morgan fingerprint density at radius 2 is 1.88 bits per heavy atom. The molecule has 1 unspecified atom stereocenters. The lowest BCUT2D eigenvalue weighted by Gasteiger charge is -2.08. The van der Waals surface area contributed by atoms with Gasteiger partial charge in [0.15, 0.2) is 0 Å². The van der Waals surface area contributed by atoms with E-state index in [1.807, 2.05) is 0 Å². The molecule has 1 atom stereocenters. The minimum Gasteiger partial charge on any atom is -0.213 e. The number of benzene rings is 1. The molecule has 0 aromatic heterocycles. The molecule has 1 aromatic carbocycles. The summed E-state index contributed by atoms with van der Waals surface area (Å²) < 4.78 is 25.1. The Labute approximate surface area is 103 Å². The Balaban J connectivity index is 2.17. The van der Waals surface area contributed by atoms with Gasteiger partial charge in [0.1, 0.15) is 0 Å². The summed E-state index contributed by atoms with van der Waals surface area (Å²) in [5, 5.41) is 0. The summed E-state index contributed by atoms with van der Waals surface area (Å²) >= 11 is 0. The van der Waals surface area contributed by atoms with Crippen LogP contribution >= 0.6 is 0 Å². The molecule has 1 N–H and O–H groups in total. The van der Waals surface area contributed by atoms with Gasteiger partial charge in [0.25, 0.3) is 0 Å². The van der Waals surface area contributed by atoms with E-state index >= 15 is 0 Å². The average molecular weight is 253 g/mol. The quantitative estimate of drug-likeness (QED) is 0.893. The summed E-state index contributed by atoms with van der Waals surface area (Å²) in [4.78, 5) is 0. The molecular weight excluding hydrogens is 234 g/mol. The lowest BCUT2D eigenvalue weighted by Crippen LogP contribution is -2.34. The maximum atomic E-state index is 11.2. The van der Waals surface area contributed by atoms with E-state index in [4.69, 9.17) is 0 Å². The lowest BCUT2D eigenvalue weighted by molar-refractivity contribution is 0.561. The van der Waals surface area contributed by atoms with E-state index in [-0.39, 0.29) is 6.04 Å². The molecule has 2 rings (SSSR count). The van der Waals surface area contributed by atoms with Crippen LogP contribution in [-0.4, -0.2) is 20.7 Å². The van der Waals surface area contributed by atoms with Gasteiger partial charge < -0.3 is 0 Å². The normalized spacial score (nSPS) is 19.6. The topological polar surface area (TPSA) is 46.2 Å². The van der Waals surface area contributed by atoms with Crippen LogP contribution in [0.1, 0.15) is 36.5 Å². The van der Waals surface area contributed by atoms with Crippen molar-refractivity contribution in [2.24, 2.45) is 0 Å². The van der Waals surface area contributed by atoms with Crippen LogP contribution in [-0.2, 0) is 22.9 Å². The first-order chi connectivity index (χ1) is 7.85. The number of rotatable bonds is 3. The van der Waals surface area contributed by atoms with E-state index in [1.165, 1.54) is 22.9 Å². The Morgan fingerprint density at radius 1 is 1.24 bits per heavy atom. The fraction of sp³-hybridized carbons (Fsp3) is 0.538. The summed E-state index contributed by atoms with van der Waals surface area (Å²) in [6, 6.07) is 6.52. The molecule has 0 amide bonds. The van der Waals surface area contributed by atoms with Gasteiger partial charge in [0, 0.05) is 6.04 Å². The second-order valence-corrected chi connectivity index (χ2v) is 6.96. The first-order valence-corrected chi connectivity index (χ1v) is 7.83. The molecule has 94 valence electrons. The fourth-order valence-corrected chi connectivity index (χ4v) is 3.16. The number of sulfonamides is 1. The first kappa shape index (κ1) is 12.6. The SMILES string of the molecule is CC(C)c1ccc2c(c1)CC(NS(C)(=O)=O)C2. The zero-order valence-corrected chi connectivity index (χ0v) is 11.3. The van der Waals surface area contributed by atoms with Gasteiger partial charge in [0.2, 0.25) is 10.0 Å². The molecule has 1 aliphatic rings. The fourth-order valence-electron chi connectivity index (χ4n) is 2.38. The van der Waals surface area contributed by atoms with Gasteiger partial charge in [-0.15, -0.1) is 0 Å². The molecule has 1 aliphatic carbocycles. The second kappa shape index (κ2) is 4.42. The number of hydrogen-bond acceptors (Lipinski definition) is 2. The largest absolute Gasteiger partial charge is 0.213 e. The Morgan fingerprint density at radius 3 is 2.47 bits per heavy atom. The third-order valence-electron chi connectivity index (χ3n) is 3.21. The number of nitrogens with one attached hydrogen (secondary N) is 1. The molecule has 0 saturated carbocycles. The molecule has 4 heteroatoms. The summed E-state index contributed by atoms with van der Waals surface area (Å²) in [6.45, 7) is 4.34. The van der Waals surface area contributed by atoms with Crippen LogP contribution in [0.25, 0.3) is 0 Å².